The number of aliphatic carboxylic acids is 1. The van der Waals surface area contributed by atoms with Crippen molar-refractivity contribution in [1.82, 2.24) is 0 Å². The van der Waals surface area contributed by atoms with E-state index >= 15 is 0 Å². The largest absolute Gasteiger partial charge is 0.478 e. The molecule has 0 aromatic heterocycles. The summed E-state index contributed by atoms with van der Waals surface area (Å²) >= 11 is 5.67. The lowest BCUT2D eigenvalue weighted by Gasteiger charge is -2.21. The highest BCUT2D eigenvalue weighted by atomic mass is 35.5. The van der Waals surface area contributed by atoms with E-state index in [2.05, 4.69) is 0 Å². The van der Waals surface area contributed by atoms with E-state index < -0.39 is 11.6 Å². The zero-order chi connectivity index (χ0) is 10.8. The van der Waals surface area contributed by atoms with Crippen LogP contribution >= 0.6 is 11.6 Å². The highest BCUT2D eigenvalue weighted by molar-refractivity contribution is 6.30. The molecule has 0 aliphatic rings. The van der Waals surface area contributed by atoms with Gasteiger partial charge in [0.05, 0.1) is 0 Å². The summed E-state index contributed by atoms with van der Waals surface area (Å²) in [5.74, 6) is -0.519. The first-order chi connectivity index (χ1) is 6.42. The van der Waals surface area contributed by atoms with Gasteiger partial charge in [0.25, 0.3) is 0 Å². The summed E-state index contributed by atoms with van der Waals surface area (Å²) in [5, 5.41) is 9.39. The van der Waals surface area contributed by atoms with E-state index in [1.807, 2.05) is 0 Å². The maximum Gasteiger partial charge on any atom is 0.347 e. The third-order valence-electron chi connectivity index (χ3n) is 1.70. The van der Waals surface area contributed by atoms with Crippen LogP contribution in [0.25, 0.3) is 0 Å². The molecule has 1 rings (SSSR count). The van der Waals surface area contributed by atoms with Crippen molar-refractivity contribution in [3.63, 3.8) is 0 Å². The van der Waals surface area contributed by atoms with Crippen LogP contribution in [-0.4, -0.2) is 22.2 Å². The average molecular weight is 233 g/mol. The molecule has 15 heavy (non-hydrogen) atoms. The topological polar surface area (TPSA) is 78.0 Å². The number of benzene rings is 1. The Labute approximate surface area is 92.7 Å². The van der Waals surface area contributed by atoms with Crippen LogP contribution in [0.15, 0.2) is 24.3 Å². The Morgan fingerprint density at radius 1 is 1.33 bits per heavy atom. The molecule has 0 saturated heterocycles. The molecule has 4 nitrogen and oxygen atoms in total. The molecule has 0 fully saturated rings. The second-order valence-corrected chi connectivity index (χ2v) is 3.81. The van der Waals surface area contributed by atoms with Gasteiger partial charge in [-0.2, -0.15) is 0 Å². The van der Waals surface area contributed by atoms with Crippen LogP contribution in [0, 0.1) is 0 Å². The SMILES string of the molecule is CC(C)(Oc1ccc(Cl)cc1)C(=O)O.O. The molecule has 84 valence electrons. The van der Waals surface area contributed by atoms with E-state index in [9.17, 15) is 4.79 Å². The molecule has 0 heterocycles. The van der Waals surface area contributed by atoms with Crippen molar-refractivity contribution in [3.05, 3.63) is 29.3 Å². The predicted molar refractivity (Wildman–Crippen MR) is 57.4 cm³/mol. The highest BCUT2D eigenvalue weighted by Gasteiger charge is 2.29. The quantitative estimate of drug-likeness (QED) is 0.863. The molecule has 0 aliphatic heterocycles. The summed E-state index contributed by atoms with van der Waals surface area (Å²) in [7, 11) is 0. The fourth-order valence-corrected chi connectivity index (χ4v) is 0.967. The number of carboxylic acids is 1. The molecular formula is C10H13ClO4. The summed E-state index contributed by atoms with van der Waals surface area (Å²) in [6.07, 6.45) is 0. The third-order valence-corrected chi connectivity index (χ3v) is 1.95. The van der Waals surface area contributed by atoms with Crippen LogP contribution < -0.4 is 4.74 Å². The Balaban J connectivity index is 0.00000196. The fourth-order valence-electron chi connectivity index (χ4n) is 0.841. The molecule has 0 atom stereocenters. The van der Waals surface area contributed by atoms with Crippen molar-refractivity contribution in [2.45, 2.75) is 19.4 Å². The fraction of sp³-hybridized carbons (Fsp3) is 0.300. The van der Waals surface area contributed by atoms with Crippen LogP contribution in [0.1, 0.15) is 13.8 Å². The maximum absolute atomic E-state index is 10.7. The molecule has 1 aromatic rings. The summed E-state index contributed by atoms with van der Waals surface area (Å²) in [6, 6.07) is 6.56. The first-order valence-electron chi connectivity index (χ1n) is 4.10. The van der Waals surface area contributed by atoms with Gasteiger partial charge in [0.1, 0.15) is 5.75 Å². The molecule has 0 saturated carbocycles. The normalized spacial score (nSPS) is 10.3. The number of halogens is 1. The van der Waals surface area contributed by atoms with E-state index in [1.54, 1.807) is 24.3 Å². The van der Waals surface area contributed by atoms with Gasteiger partial charge < -0.3 is 15.3 Å². The van der Waals surface area contributed by atoms with E-state index in [1.165, 1.54) is 13.8 Å². The average Bonchev–Trinajstić information content (AvgIpc) is 2.08. The first kappa shape index (κ1) is 13.7. The number of hydrogen-bond donors (Lipinski definition) is 1. The monoisotopic (exact) mass is 232 g/mol. The number of carboxylic acid groups (broad SMARTS) is 1. The Morgan fingerprint density at radius 3 is 2.20 bits per heavy atom. The lowest BCUT2D eigenvalue weighted by Crippen LogP contribution is -2.37. The molecule has 3 N–H and O–H groups in total. The molecular weight excluding hydrogens is 220 g/mol. The van der Waals surface area contributed by atoms with E-state index in [0.29, 0.717) is 10.8 Å². The minimum Gasteiger partial charge on any atom is -0.478 e. The van der Waals surface area contributed by atoms with Crippen LogP contribution in [0.3, 0.4) is 0 Å². The zero-order valence-corrected chi connectivity index (χ0v) is 9.21. The van der Waals surface area contributed by atoms with Crippen molar-refractivity contribution in [2.24, 2.45) is 0 Å². The Bertz CT molecular complexity index is 332. The van der Waals surface area contributed by atoms with Crippen molar-refractivity contribution < 1.29 is 20.1 Å². The van der Waals surface area contributed by atoms with E-state index in [-0.39, 0.29) is 5.48 Å². The molecule has 0 amide bonds. The molecule has 5 heteroatoms. The lowest BCUT2D eigenvalue weighted by atomic mass is 10.1. The van der Waals surface area contributed by atoms with Gasteiger partial charge in [-0.15, -0.1) is 0 Å². The van der Waals surface area contributed by atoms with Crippen molar-refractivity contribution in [1.29, 1.82) is 0 Å². The Hall–Kier alpha value is -1.26. The van der Waals surface area contributed by atoms with Gasteiger partial charge in [-0.25, -0.2) is 4.79 Å². The number of rotatable bonds is 3. The zero-order valence-electron chi connectivity index (χ0n) is 8.45. The maximum atomic E-state index is 10.7. The van der Waals surface area contributed by atoms with Crippen molar-refractivity contribution >= 4 is 17.6 Å². The molecule has 0 spiro atoms. The van der Waals surface area contributed by atoms with Gasteiger partial charge in [-0.3, -0.25) is 0 Å². The Kier molecular flexibility index (Phi) is 4.58. The third kappa shape index (κ3) is 3.77. The van der Waals surface area contributed by atoms with Gasteiger partial charge >= 0.3 is 5.97 Å². The minimum atomic E-state index is -1.23. The van der Waals surface area contributed by atoms with E-state index in [0.717, 1.165) is 0 Å². The highest BCUT2D eigenvalue weighted by Crippen LogP contribution is 2.20. The summed E-state index contributed by atoms with van der Waals surface area (Å²) in [5.41, 5.74) is -1.23. The minimum absolute atomic E-state index is 0. The first-order valence-corrected chi connectivity index (χ1v) is 4.47. The van der Waals surface area contributed by atoms with Crippen LogP contribution in [0.5, 0.6) is 5.75 Å². The van der Waals surface area contributed by atoms with Crippen LogP contribution in [0.4, 0.5) is 0 Å². The smallest absolute Gasteiger partial charge is 0.347 e. The van der Waals surface area contributed by atoms with Crippen molar-refractivity contribution in [3.8, 4) is 5.75 Å². The molecule has 0 aliphatic carbocycles. The number of hydrogen-bond acceptors (Lipinski definition) is 2. The lowest BCUT2D eigenvalue weighted by molar-refractivity contribution is -0.152. The second-order valence-electron chi connectivity index (χ2n) is 3.37. The van der Waals surface area contributed by atoms with E-state index in [4.69, 9.17) is 21.4 Å². The van der Waals surface area contributed by atoms with Gasteiger partial charge in [0.15, 0.2) is 5.60 Å². The standard InChI is InChI=1S/C10H11ClO3.H2O/c1-10(2,9(12)13)14-8-5-3-7(11)4-6-8;/h3-6H,1-2H3,(H,12,13);1H2. The molecule has 0 bridgehead atoms. The predicted octanol–water partition coefficient (Wildman–Crippen LogP) is 1.76. The Morgan fingerprint density at radius 2 is 1.80 bits per heavy atom. The van der Waals surface area contributed by atoms with Gasteiger partial charge in [0.2, 0.25) is 0 Å². The van der Waals surface area contributed by atoms with Gasteiger partial charge in [-0.1, -0.05) is 11.6 Å². The molecule has 0 radical (unpaired) electrons. The van der Waals surface area contributed by atoms with Crippen LogP contribution in [-0.2, 0) is 4.79 Å². The summed E-state index contributed by atoms with van der Waals surface area (Å²) in [4.78, 5) is 10.7. The van der Waals surface area contributed by atoms with Gasteiger partial charge in [0, 0.05) is 5.02 Å². The number of ether oxygens (including phenoxy) is 1. The summed E-state index contributed by atoms with van der Waals surface area (Å²) < 4.78 is 5.26. The molecule has 0 unspecified atom stereocenters. The molecule has 1 aromatic carbocycles. The van der Waals surface area contributed by atoms with Crippen LogP contribution in [0.2, 0.25) is 5.02 Å². The van der Waals surface area contributed by atoms with Gasteiger partial charge in [-0.05, 0) is 38.1 Å². The summed E-state index contributed by atoms with van der Waals surface area (Å²) in [6.45, 7) is 2.98. The van der Waals surface area contributed by atoms with Crippen molar-refractivity contribution in [2.75, 3.05) is 0 Å². The number of carbonyl (C=O) groups is 1. The second kappa shape index (κ2) is 5.00.